The molecular weight excluding hydrogens is 443 g/mol. The number of alkyl halides is 3. The molecule has 0 aromatic heterocycles. The van der Waals surface area contributed by atoms with E-state index in [9.17, 15) is 30.0 Å². The lowest BCUT2D eigenvalue weighted by Gasteiger charge is -2.36. The van der Waals surface area contributed by atoms with Crippen molar-refractivity contribution in [3.05, 3.63) is 54.1 Å². The highest BCUT2D eigenvalue weighted by Gasteiger charge is 2.48. The second-order valence-electron chi connectivity index (χ2n) is 6.42. The molecule has 2 aromatic rings. The van der Waals surface area contributed by atoms with E-state index in [1.165, 1.54) is 47.4 Å². The number of benzene rings is 2. The van der Waals surface area contributed by atoms with Crippen LogP contribution in [0.5, 0.6) is 0 Å². The summed E-state index contributed by atoms with van der Waals surface area (Å²) in [6.45, 7) is -0.193. The molecule has 12 heteroatoms. The maximum Gasteiger partial charge on any atom is 0.501 e. The number of halogens is 3. The van der Waals surface area contributed by atoms with Gasteiger partial charge in [-0.2, -0.15) is 22.7 Å². The zero-order valence-electron chi connectivity index (χ0n) is 15.4. The Morgan fingerprint density at radius 1 is 0.833 bits per heavy atom. The summed E-state index contributed by atoms with van der Waals surface area (Å²) in [5.74, 6) is 0. The fourth-order valence-corrected chi connectivity index (χ4v) is 5.71. The van der Waals surface area contributed by atoms with Crippen LogP contribution in [0, 0.1) is 11.3 Å². The number of nitriles is 1. The first-order chi connectivity index (χ1) is 14.0. The summed E-state index contributed by atoms with van der Waals surface area (Å²) < 4.78 is 89.8. The van der Waals surface area contributed by atoms with Crippen molar-refractivity contribution in [3.63, 3.8) is 0 Å². The quantitative estimate of drug-likeness (QED) is 0.696. The van der Waals surface area contributed by atoms with Crippen molar-refractivity contribution in [2.75, 3.05) is 31.1 Å². The molecule has 0 spiro atoms. The number of anilines is 1. The number of piperazine rings is 1. The lowest BCUT2D eigenvalue weighted by Crippen LogP contribution is -2.49. The van der Waals surface area contributed by atoms with Gasteiger partial charge in [-0.1, -0.05) is 24.3 Å². The first kappa shape index (κ1) is 22.1. The van der Waals surface area contributed by atoms with Crippen LogP contribution in [0.1, 0.15) is 5.56 Å². The molecule has 0 amide bonds. The molecule has 3 rings (SSSR count). The molecule has 7 nitrogen and oxygen atoms in total. The van der Waals surface area contributed by atoms with Gasteiger partial charge < -0.3 is 4.90 Å². The molecule has 1 saturated heterocycles. The van der Waals surface area contributed by atoms with Gasteiger partial charge in [-0.15, -0.1) is 0 Å². The van der Waals surface area contributed by atoms with Crippen LogP contribution in [0.3, 0.4) is 0 Å². The van der Waals surface area contributed by atoms with Gasteiger partial charge in [-0.25, -0.2) is 16.8 Å². The van der Waals surface area contributed by atoms with Gasteiger partial charge >= 0.3 is 5.51 Å². The normalized spacial score (nSPS) is 16.3. The van der Waals surface area contributed by atoms with Crippen LogP contribution >= 0.6 is 0 Å². The predicted molar refractivity (Wildman–Crippen MR) is 102 cm³/mol. The molecule has 160 valence electrons. The van der Waals surface area contributed by atoms with Gasteiger partial charge in [0.1, 0.15) is 6.07 Å². The zero-order chi connectivity index (χ0) is 22.2. The van der Waals surface area contributed by atoms with Crippen molar-refractivity contribution >= 4 is 25.5 Å². The van der Waals surface area contributed by atoms with Gasteiger partial charge in [0.2, 0.25) is 10.0 Å². The fraction of sp³-hybridized carbons (Fsp3) is 0.278. The Morgan fingerprint density at radius 2 is 1.37 bits per heavy atom. The number of hydrogen-bond donors (Lipinski definition) is 0. The Hall–Kier alpha value is -2.62. The van der Waals surface area contributed by atoms with Crippen LogP contribution in [0.15, 0.2) is 58.3 Å². The van der Waals surface area contributed by atoms with E-state index in [2.05, 4.69) is 0 Å². The Kier molecular flexibility index (Phi) is 5.81. The van der Waals surface area contributed by atoms with E-state index in [1.807, 2.05) is 6.07 Å². The monoisotopic (exact) mass is 459 g/mol. The topological polar surface area (TPSA) is 98.5 Å². The van der Waals surface area contributed by atoms with Gasteiger partial charge in [0.15, 0.2) is 0 Å². The SMILES string of the molecule is N#Cc1ccccc1S(=O)(=O)N1CCN(c2ccccc2S(=O)(=O)C(F)(F)F)CC1. The lowest BCUT2D eigenvalue weighted by molar-refractivity contribution is -0.0435. The molecule has 30 heavy (non-hydrogen) atoms. The molecule has 1 fully saturated rings. The van der Waals surface area contributed by atoms with E-state index >= 15 is 0 Å². The third kappa shape index (κ3) is 3.88. The number of para-hydroxylation sites is 1. The van der Waals surface area contributed by atoms with Gasteiger partial charge in [0.05, 0.1) is 21.0 Å². The van der Waals surface area contributed by atoms with E-state index < -0.39 is 30.3 Å². The van der Waals surface area contributed by atoms with Crippen molar-refractivity contribution in [1.29, 1.82) is 5.26 Å². The molecule has 0 atom stereocenters. The van der Waals surface area contributed by atoms with Crippen LogP contribution in [-0.2, 0) is 19.9 Å². The summed E-state index contributed by atoms with van der Waals surface area (Å²) in [7, 11) is -9.55. The molecule has 1 aliphatic heterocycles. The second kappa shape index (κ2) is 7.90. The minimum Gasteiger partial charge on any atom is -0.368 e. The minimum absolute atomic E-state index is 0.0125. The molecule has 1 aliphatic rings. The molecule has 0 radical (unpaired) electrons. The number of rotatable bonds is 4. The van der Waals surface area contributed by atoms with Crippen LogP contribution in [-0.4, -0.2) is 52.8 Å². The minimum atomic E-state index is -5.56. The van der Waals surface area contributed by atoms with Gasteiger partial charge in [-0.05, 0) is 24.3 Å². The molecule has 1 heterocycles. The van der Waals surface area contributed by atoms with E-state index in [1.54, 1.807) is 0 Å². The highest BCUT2D eigenvalue weighted by atomic mass is 32.2. The average molecular weight is 459 g/mol. The van der Waals surface area contributed by atoms with Crippen LogP contribution in [0.2, 0.25) is 0 Å². The molecule has 0 N–H and O–H groups in total. The maximum atomic E-state index is 13.0. The first-order valence-electron chi connectivity index (χ1n) is 8.65. The van der Waals surface area contributed by atoms with Crippen LogP contribution in [0.25, 0.3) is 0 Å². The molecule has 2 aromatic carbocycles. The lowest BCUT2D eigenvalue weighted by atomic mass is 10.2. The Labute approximate surface area is 171 Å². The molecule has 0 bridgehead atoms. The summed E-state index contributed by atoms with van der Waals surface area (Å²) >= 11 is 0. The molecule has 0 unspecified atom stereocenters. The number of nitrogens with zero attached hydrogens (tertiary/aromatic N) is 3. The zero-order valence-corrected chi connectivity index (χ0v) is 17.0. The smallest absolute Gasteiger partial charge is 0.368 e. The summed E-state index contributed by atoms with van der Waals surface area (Å²) in [5.41, 5.74) is -5.60. The van der Waals surface area contributed by atoms with Crippen molar-refractivity contribution in [1.82, 2.24) is 4.31 Å². The summed E-state index contributed by atoms with van der Waals surface area (Å²) in [6.07, 6.45) is 0. The molecule has 0 saturated carbocycles. The first-order valence-corrected chi connectivity index (χ1v) is 11.6. The largest absolute Gasteiger partial charge is 0.501 e. The molecular formula is C18H16F3N3O4S2. The predicted octanol–water partition coefficient (Wildman–Crippen LogP) is 2.36. The average Bonchev–Trinajstić information content (AvgIpc) is 2.73. The Balaban J connectivity index is 1.87. The summed E-state index contributed by atoms with van der Waals surface area (Å²) in [6, 6.07) is 12.3. The second-order valence-corrected chi connectivity index (χ2v) is 10.2. The number of hydrogen-bond acceptors (Lipinski definition) is 6. The van der Waals surface area contributed by atoms with Gasteiger partial charge in [-0.3, -0.25) is 0 Å². The fourth-order valence-electron chi connectivity index (χ4n) is 3.16. The number of sulfonamides is 1. The Bertz CT molecular complexity index is 1200. The maximum absolute atomic E-state index is 13.0. The van der Waals surface area contributed by atoms with Crippen molar-refractivity contribution in [2.45, 2.75) is 15.3 Å². The van der Waals surface area contributed by atoms with Crippen molar-refractivity contribution in [3.8, 4) is 6.07 Å². The summed E-state index contributed by atoms with van der Waals surface area (Å²) in [4.78, 5) is 0.380. The van der Waals surface area contributed by atoms with Crippen LogP contribution in [0.4, 0.5) is 18.9 Å². The standard InChI is InChI=1S/C18H16F3N3O4S2/c19-18(20,21)29(25,26)17-8-4-2-6-15(17)23-9-11-24(12-10-23)30(27,28)16-7-3-1-5-14(16)13-22/h1-8H,9-12H2. The highest BCUT2D eigenvalue weighted by molar-refractivity contribution is 7.92. The summed E-state index contributed by atoms with van der Waals surface area (Å²) in [5, 5.41) is 9.15. The van der Waals surface area contributed by atoms with Crippen LogP contribution < -0.4 is 4.90 Å². The third-order valence-electron chi connectivity index (χ3n) is 4.66. The van der Waals surface area contributed by atoms with E-state index in [-0.39, 0.29) is 42.3 Å². The molecule has 0 aliphatic carbocycles. The third-order valence-corrected chi connectivity index (χ3v) is 8.15. The Morgan fingerprint density at radius 3 is 1.93 bits per heavy atom. The van der Waals surface area contributed by atoms with E-state index in [0.717, 1.165) is 10.4 Å². The van der Waals surface area contributed by atoms with Crippen molar-refractivity contribution in [2.24, 2.45) is 0 Å². The van der Waals surface area contributed by atoms with Gasteiger partial charge in [0, 0.05) is 26.2 Å². The van der Waals surface area contributed by atoms with Gasteiger partial charge in [0.25, 0.3) is 9.84 Å². The highest BCUT2D eigenvalue weighted by Crippen LogP contribution is 2.36. The van der Waals surface area contributed by atoms with E-state index in [0.29, 0.717) is 0 Å². The number of sulfone groups is 1. The van der Waals surface area contributed by atoms with Crippen molar-refractivity contribution < 1.29 is 30.0 Å². The van der Waals surface area contributed by atoms with E-state index in [4.69, 9.17) is 5.26 Å².